The van der Waals surface area contributed by atoms with Gasteiger partial charge >= 0.3 is 5.97 Å². The summed E-state index contributed by atoms with van der Waals surface area (Å²) in [5, 5.41) is 17.9. The fraction of sp³-hybridized carbons (Fsp3) is 0.265. The first kappa shape index (κ1) is 31.1. The lowest BCUT2D eigenvalue weighted by Crippen LogP contribution is -2.26. The molecule has 0 bridgehead atoms. The van der Waals surface area contributed by atoms with E-state index in [4.69, 9.17) is 20.3 Å². The highest BCUT2D eigenvalue weighted by Gasteiger charge is 2.22. The largest absolute Gasteiger partial charge is 0.492 e. The van der Waals surface area contributed by atoms with Crippen LogP contribution in [0.5, 0.6) is 5.75 Å². The van der Waals surface area contributed by atoms with E-state index in [1.54, 1.807) is 18.7 Å². The highest BCUT2D eigenvalue weighted by molar-refractivity contribution is 7.99. The summed E-state index contributed by atoms with van der Waals surface area (Å²) < 4.78 is 11.3. The van der Waals surface area contributed by atoms with E-state index in [1.165, 1.54) is 26.7 Å². The fourth-order valence-corrected chi connectivity index (χ4v) is 5.71. The molecule has 0 amide bonds. The number of aliphatic carboxylic acids is 1. The predicted molar refractivity (Wildman–Crippen MR) is 168 cm³/mol. The lowest BCUT2D eigenvalue weighted by Gasteiger charge is -2.32. The van der Waals surface area contributed by atoms with Crippen LogP contribution in [0.15, 0.2) is 113 Å². The van der Waals surface area contributed by atoms with E-state index in [0.717, 1.165) is 24.3 Å². The second-order valence-corrected chi connectivity index (χ2v) is 10.9. The average Bonchev–Trinajstić information content (AvgIpc) is 3.02. The van der Waals surface area contributed by atoms with Gasteiger partial charge in [-0.2, -0.15) is 0 Å². The quantitative estimate of drug-likeness (QED) is 0.187. The van der Waals surface area contributed by atoms with Crippen molar-refractivity contribution < 1.29 is 24.5 Å². The van der Waals surface area contributed by atoms with Gasteiger partial charge in [-0.05, 0) is 60.9 Å². The topological polar surface area (TPSA) is 105 Å². The van der Waals surface area contributed by atoms with Gasteiger partial charge in [0.15, 0.2) is 6.10 Å². The van der Waals surface area contributed by atoms with Crippen LogP contribution in [-0.2, 0) is 22.4 Å². The van der Waals surface area contributed by atoms with Gasteiger partial charge in [0, 0.05) is 28.9 Å². The Bertz CT molecular complexity index is 1360. The monoisotopic (exact) mass is 586 g/mol. The number of carboxylic acids is 1. The summed E-state index contributed by atoms with van der Waals surface area (Å²) in [7, 11) is 0. The normalized spacial score (nSPS) is 13.2. The van der Waals surface area contributed by atoms with Gasteiger partial charge in [-0.25, -0.2) is 4.79 Å². The smallest absolute Gasteiger partial charge is 0.333 e. The maximum Gasteiger partial charge on any atom is 0.333 e. The van der Waals surface area contributed by atoms with Crippen molar-refractivity contribution in [1.29, 1.82) is 0 Å². The Labute approximate surface area is 251 Å². The van der Waals surface area contributed by atoms with Crippen molar-refractivity contribution in [2.45, 2.75) is 41.7 Å². The Morgan fingerprint density at radius 3 is 1.98 bits per heavy atom. The fourth-order valence-electron chi connectivity index (χ4n) is 4.61. The lowest BCUT2D eigenvalue weighted by molar-refractivity contribution is -0.149. The first-order valence-electron chi connectivity index (χ1n) is 14.1. The van der Waals surface area contributed by atoms with Crippen LogP contribution in [0.1, 0.15) is 18.1 Å². The summed E-state index contributed by atoms with van der Waals surface area (Å²) in [6.07, 6.45) is 0.258. The highest BCUT2D eigenvalue weighted by atomic mass is 32.2. The van der Waals surface area contributed by atoms with Crippen LogP contribution < -0.4 is 15.4 Å². The summed E-state index contributed by atoms with van der Waals surface area (Å²) in [6, 6.07) is 34.2. The van der Waals surface area contributed by atoms with E-state index >= 15 is 0 Å². The van der Waals surface area contributed by atoms with E-state index in [9.17, 15) is 9.90 Å². The van der Waals surface area contributed by atoms with Crippen LogP contribution in [0.4, 0.5) is 11.4 Å². The van der Waals surface area contributed by atoms with Gasteiger partial charge in [0.25, 0.3) is 0 Å². The van der Waals surface area contributed by atoms with Gasteiger partial charge in [0.05, 0.1) is 24.5 Å². The third kappa shape index (κ3) is 8.84. The van der Waals surface area contributed by atoms with Gasteiger partial charge in [-0.15, -0.1) is 0 Å². The summed E-state index contributed by atoms with van der Waals surface area (Å²) in [5.74, 6) is -0.178. The molecule has 0 fully saturated rings. The predicted octanol–water partition coefficient (Wildman–Crippen LogP) is 5.95. The number of hydrogen-bond donors (Lipinski definition) is 3. The van der Waals surface area contributed by atoms with Gasteiger partial charge in [-0.1, -0.05) is 78.5 Å². The molecule has 42 heavy (non-hydrogen) atoms. The number of rotatable bonds is 12. The minimum absolute atomic E-state index is 0.0505. The van der Waals surface area contributed by atoms with Gasteiger partial charge < -0.3 is 30.3 Å². The second-order valence-electron chi connectivity index (χ2n) is 9.80. The molecular weight excluding hydrogens is 548 g/mol. The van der Waals surface area contributed by atoms with Crippen molar-refractivity contribution in [3.05, 3.63) is 114 Å². The molecule has 220 valence electrons. The molecule has 0 spiro atoms. The molecule has 5 rings (SSSR count). The molecular formula is C34H38N2O5S. The number of nitrogens with zero attached hydrogens (tertiary/aromatic N) is 1. The van der Waals surface area contributed by atoms with E-state index in [0.29, 0.717) is 19.6 Å². The lowest BCUT2D eigenvalue weighted by atomic mass is 10.1. The molecule has 0 saturated carbocycles. The molecule has 2 atom stereocenters. The van der Waals surface area contributed by atoms with Crippen LogP contribution in [-0.4, -0.2) is 54.7 Å². The molecule has 0 aromatic heterocycles. The number of fused-ring (bicyclic) bond motifs is 2. The first-order chi connectivity index (χ1) is 20.5. The number of ether oxygens (including phenoxy) is 2. The molecule has 1 aliphatic rings. The van der Waals surface area contributed by atoms with Crippen LogP contribution in [0.2, 0.25) is 0 Å². The van der Waals surface area contributed by atoms with E-state index in [-0.39, 0.29) is 12.6 Å². The van der Waals surface area contributed by atoms with Gasteiger partial charge in [-0.3, -0.25) is 0 Å². The summed E-state index contributed by atoms with van der Waals surface area (Å²) in [5.41, 5.74) is 10.0. The van der Waals surface area contributed by atoms with Gasteiger partial charge in [0.2, 0.25) is 0 Å². The molecule has 8 heteroatoms. The molecule has 4 aromatic rings. The number of anilines is 2. The third-order valence-corrected chi connectivity index (χ3v) is 7.81. The van der Waals surface area contributed by atoms with E-state index in [2.05, 4.69) is 53.4 Å². The zero-order valence-corrected chi connectivity index (χ0v) is 24.6. The van der Waals surface area contributed by atoms with Gasteiger partial charge in [0.1, 0.15) is 12.4 Å². The first-order valence-corrected chi connectivity index (χ1v) is 14.9. The Morgan fingerprint density at radius 2 is 1.40 bits per heavy atom. The van der Waals surface area contributed by atoms with Crippen molar-refractivity contribution in [2.24, 2.45) is 5.73 Å². The number of nitrogens with two attached hydrogens (primary N) is 1. The number of aliphatic hydroxyl groups is 1. The number of carbonyl (C=O) groups is 1. The molecule has 1 aliphatic heterocycles. The van der Waals surface area contributed by atoms with E-state index in [1.807, 2.05) is 54.6 Å². The number of aliphatic hydroxyl groups excluding tert-OH is 1. The molecule has 4 aromatic carbocycles. The third-order valence-electron chi connectivity index (χ3n) is 6.68. The molecule has 0 radical (unpaired) electrons. The SMILES string of the molecule is CCOC(Cc1ccc(OCCN2c3ccccc3Sc3ccccc32)cc1)C(=O)O.NC(CO)Cc1ccccc1. The molecule has 4 N–H and O–H groups in total. The number of para-hydroxylation sites is 2. The van der Waals surface area contributed by atoms with Crippen molar-refractivity contribution in [2.75, 3.05) is 31.3 Å². The average molecular weight is 587 g/mol. The minimum atomic E-state index is -0.942. The van der Waals surface area contributed by atoms with Crippen LogP contribution in [0.25, 0.3) is 0 Å². The Morgan fingerprint density at radius 1 is 0.833 bits per heavy atom. The zero-order valence-electron chi connectivity index (χ0n) is 23.8. The summed E-state index contributed by atoms with van der Waals surface area (Å²) >= 11 is 1.79. The zero-order chi connectivity index (χ0) is 29.7. The molecule has 0 saturated heterocycles. The number of benzene rings is 4. The highest BCUT2D eigenvalue weighted by Crippen LogP contribution is 2.47. The van der Waals surface area contributed by atoms with Crippen LogP contribution >= 0.6 is 11.8 Å². The van der Waals surface area contributed by atoms with Crippen molar-refractivity contribution in [3.8, 4) is 5.75 Å². The van der Waals surface area contributed by atoms with E-state index < -0.39 is 12.1 Å². The van der Waals surface area contributed by atoms with Crippen LogP contribution in [0, 0.1) is 0 Å². The molecule has 1 heterocycles. The maximum atomic E-state index is 11.3. The summed E-state index contributed by atoms with van der Waals surface area (Å²) in [4.78, 5) is 16.1. The Hall–Kier alpha value is -3.82. The maximum absolute atomic E-state index is 11.3. The molecule has 0 aliphatic carbocycles. The van der Waals surface area contributed by atoms with Crippen molar-refractivity contribution in [1.82, 2.24) is 0 Å². The molecule has 7 nitrogen and oxygen atoms in total. The summed E-state index contributed by atoms with van der Waals surface area (Å²) in [6.45, 7) is 3.48. The van der Waals surface area contributed by atoms with Crippen LogP contribution in [0.3, 0.4) is 0 Å². The Kier molecular flexibility index (Phi) is 11.8. The van der Waals surface area contributed by atoms with Crippen molar-refractivity contribution >= 4 is 29.1 Å². The standard InChI is InChI=1S/C25H25NO4S.C9H13NO/c1-2-29-22(25(27)28)17-18-11-13-19(14-12-18)30-16-15-26-20-7-3-5-9-23(20)31-24-10-6-4-8-21(24)26;10-9(7-11)6-8-4-2-1-3-5-8/h3-14,22H,2,15-17H2,1H3,(H,27,28);1-5,9,11H,6-7,10H2. The molecule has 2 unspecified atom stereocenters. The Balaban J connectivity index is 0.000000310. The van der Waals surface area contributed by atoms with Crippen molar-refractivity contribution in [3.63, 3.8) is 0 Å². The second kappa shape index (κ2) is 16.0. The number of hydrogen-bond acceptors (Lipinski definition) is 7. The minimum Gasteiger partial charge on any atom is -0.492 e. The number of carboxylic acid groups (broad SMARTS) is 1.